The van der Waals surface area contributed by atoms with Crippen LogP contribution in [0.1, 0.15) is 42.6 Å². The van der Waals surface area contributed by atoms with Crippen molar-refractivity contribution in [2.45, 2.75) is 33.1 Å². The molecule has 0 bridgehead atoms. The van der Waals surface area contributed by atoms with Crippen LogP contribution in [-0.4, -0.2) is 24.1 Å². The van der Waals surface area contributed by atoms with Gasteiger partial charge in [0.05, 0.1) is 23.8 Å². The number of hydrogen-bond acceptors (Lipinski definition) is 4. The summed E-state index contributed by atoms with van der Waals surface area (Å²) >= 11 is 6.03. The van der Waals surface area contributed by atoms with Crippen molar-refractivity contribution in [3.63, 3.8) is 0 Å². The summed E-state index contributed by atoms with van der Waals surface area (Å²) < 4.78 is 11.4. The molecular weight excluding hydrogens is 340 g/mol. The second-order valence-corrected chi connectivity index (χ2v) is 6.13. The van der Waals surface area contributed by atoms with Gasteiger partial charge in [0.1, 0.15) is 17.2 Å². The number of ether oxygens (including phenoxy) is 2. The van der Waals surface area contributed by atoms with E-state index in [2.05, 4.69) is 0 Å². The van der Waals surface area contributed by atoms with Crippen LogP contribution in [0.15, 0.2) is 36.4 Å². The summed E-state index contributed by atoms with van der Waals surface area (Å²) in [6.45, 7) is 4.38. The van der Waals surface area contributed by atoms with Crippen LogP contribution in [0, 0.1) is 0 Å². The van der Waals surface area contributed by atoms with Gasteiger partial charge < -0.3 is 14.6 Å². The highest BCUT2D eigenvalue weighted by atomic mass is 35.5. The summed E-state index contributed by atoms with van der Waals surface area (Å²) in [5.74, 6) is 1.13. The molecule has 0 aromatic heterocycles. The molecule has 0 fully saturated rings. The average Bonchev–Trinajstić information content (AvgIpc) is 2.58. The lowest BCUT2D eigenvalue weighted by molar-refractivity contribution is 0.101. The predicted molar refractivity (Wildman–Crippen MR) is 99.2 cm³/mol. The van der Waals surface area contributed by atoms with E-state index >= 15 is 0 Å². The van der Waals surface area contributed by atoms with Gasteiger partial charge >= 0.3 is 0 Å². The first-order chi connectivity index (χ1) is 12.0. The first-order valence-corrected chi connectivity index (χ1v) is 8.78. The maximum atomic E-state index is 11.6. The van der Waals surface area contributed by atoms with Crippen molar-refractivity contribution in [1.29, 1.82) is 0 Å². The summed E-state index contributed by atoms with van der Waals surface area (Å²) in [5, 5.41) is 10.9. The van der Waals surface area contributed by atoms with E-state index in [1.165, 1.54) is 6.92 Å². The van der Waals surface area contributed by atoms with E-state index in [-0.39, 0.29) is 11.5 Å². The molecule has 0 aliphatic carbocycles. The first kappa shape index (κ1) is 19.1. The third kappa shape index (κ3) is 5.13. The zero-order valence-electron chi connectivity index (χ0n) is 14.5. The summed E-state index contributed by atoms with van der Waals surface area (Å²) in [6.07, 6.45) is 2.17. The van der Waals surface area contributed by atoms with Gasteiger partial charge in [0, 0.05) is 12.0 Å². The van der Waals surface area contributed by atoms with Crippen LogP contribution in [0.25, 0.3) is 0 Å². The lowest BCUT2D eigenvalue weighted by atomic mass is 10.0. The second-order valence-electron chi connectivity index (χ2n) is 5.73. The van der Waals surface area contributed by atoms with E-state index in [9.17, 15) is 9.90 Å². The zero-order chi connectivity index (χ0) is 18.2. The van der Waals surface area contributed by atoms with E-state index in [4.69, 9.17) is 21.1 Å². The van der Waals surface area contributed by atoms with Crippen LogP contribution in [0.2, 0.25) is 5.02 Å². The summed E-state index contributed by atoms with van der Waals surface area (Å²) in [7, 11) is 0. The van der Waals surface area contributed by atoms with Gasteiger partial charge in [-0.2, -0.15) is 0 Å². The third-order valence-electron chi connectivity index (χ3n) is 3.76. The molecule has 4 nitrogen and oxygen atoms in total. The minimum atomic E-state index is -0.158. The number of para-hydroxylation sites is 1. The van der Waals surface area contributed by atoms with Crippen LogP contribution in [0.3, 0.4) is 0 Å². The number of phenolic OH excluding ortho intramolecular Hbond substituents is 1. The first-order valence-electron chi connectivity index (χ1n) is 8.40. The van der Waals surface area contributed by atoms with E-state index in [1.807, 2.05) is 25.1 Å². The number of hydrogen-bond donors (Lipinski definition) is 1. The molecule has 0 radical (unpaired) electrons. The number of benzene rings is 2. The van der Waals surface area contributed by atoms with Crippen molar-refractivity contribution >= 4 is 17.4 Å². The number of carbonyl (C=O) groups excluding carboxylic acids is 1. The van der Waals surface area contributed by atoms with Crippen molar-refractivity contribution in [3.05, 3.63) is 52.5 Å². The minimum absolute atomic E-state index is 0.0270. The molecule has 25 heavy (non-hydrogen) atoms. The van der Waals surface area contributed by atoms with Gasteiger partial charge in [0.25, 0.3) is 0 Å². The van der Waals surface area contributed by atoms with Crippen LogP contribution in [-0.2, 0) is 6.42 Å². The highest BCUT2D eigenvalue weighted by Crippen LogP contribution is 2.33. The van der Waals surface area contributed by atoms with Crippen LogP contribution >= 0.6 is 11.6 Å². The molecule has 0 saturated heterocycles. The maximum absolute atomic E-state index is 11.6. The Morgan fingerprint density at radius 2 is 1.76 bits per heavy atom. The van der Waals surface area contributed by atoms with Crippen molar-refractivity contribution < 1.29 is 19.4 Å². The molecule has 2 rings (SSSR count). The van der Waals surface area contributed by atoms with Crippen molar-refractivity contribution in [2.24, 2.45) is 0 Å². The lowest BCUT2D eigenvalue weighted by Crippen LogP contribution is -2.07. The minimum Gasteiger partial charge on any atom is -0.507 e. The third-order valence-corrected chi connectivity index (χ3v) is 4.07. The van der Waals surface area contributed by atoms with Gasteiger partial charge in [-0.15, -0.1) is 0 Å². The number of Topliss-reactive ketones (excluding diaryl/α,β-unsaturated/α-hetero) is 1. The summed E-state index contributed by atoms with van der Waals surface area (Å²) in [5.41, 5.74) is 1.01. The molecule has 0 heterocycles. The molecule has 0 aliphatic rings. The monoisotopic (exact) mass is 362 g/mol. The molecule has 5 heteroatoms. The SMILES string of the molecule is CCCc1c(OCCCOc2ccccc2Cl)ccc(C(C)=O)c1O. The normalized spacial score (nSPS) is 10.5. The lowest BCUT2D eigenvalue weighted by Gasteiger charge is -2.15. The van der Waals surface area contributed by atoms with Crippen molar-refractivity contribution in [2.75, 3.05) is 13.2 Å². The van der Waals surface area contributed by atoms with Crippen molar-refractivity contribution in [1.82, 2.24) is 0 Å². The molecular formula is C20H23ClO4. The Bertz CT molecular complexity index is 728. The van der Waals surface area contributed by atoms with Gasteiger partial charge in [0.2, 0.25) is 0 Å². The molecule has 0 aliphatic heterocycles. The van der Waals surface area contributed by atoms with Crippen LogP contribution in [0.4, 0.5) is 0 Å². The fraction of sp³-hybridized carbons (Fsp3) is 0.350. The van der Waals surface area contributed by atoms with Gasteiger partial charge in [-0.05, 0) is 37.6 Å². The van der Waals surface area contributed by atoms with E-state index in [1.54, 1.807) is 18.2 Å². The Morgan fingerprint density at radius 3 is 2.40 bits per heavy atom. The van der Waals surface area contributed by atoms with Crippen molar-refractivity contribution in [3.8, 4) is 17.2 Å². The average molecular weight is 363 g/mol. The highest BCUT2D eigenvalue weighted by Gasteiger charge is 2.15. The molecule has 134 valence electrons. The molecule has 0 spiro atoms. The van der Waals surface area contributed by atoms with E-state index in [0.717, 1.165) is 6.42 Å². The molecule has 0 unspecified atom stereocenters. The van der Waals surface area contributed by atoms with E-state index in [0.29, 0.717) is 53.7 Å². The molecule has 2 aromatic carbocycles. The topological polar surface area (TPSA) is 55.8 Å². The number of aromatic hydroxyl groups is 1. The van der Waals surface area contributed by atoms with Gasteiger partial charge in [-0.25, -0.2) is 0 Å². The Hall–Kier alpha value is -2.20. The predicted octanol–water partition coefficient (Wildman–Crippen LogP) is 5.05. The molecule has 0 saturated carbocycles. The van der Waals surface area contributed by atoms with Gasteiger partial charge in [0.15, 0.2) is 5.78 Å². The highest BCUT2D eigenvalue weighted by molar-refractivity contribution is 6.32. The zero-order valence-corrected chi connectivity index (χ0v) is 15.3. The largest absolute Gasteiger partial charge is 0.507 e. The fourth-order valence-electron chi connectivity index (χ4n) is 2.51. The summed E-state index contributed by atoms with van der Waals surface area (Å²) in [4.78, 5) is 11.6. The number of phenols is 1. The fourth-order valence-corrected chi connectivity index (χ4v) is 2.70. The standard InChI is InChI=1S/C20H23ClO4/c1-3-7-16-18(11-10-15(14(2)22)20(16)23)24-12-6-13-25-19-9-5-4-8-17(19)21/h4-5,8-11,23H,3,6-7,12-13H2,1-2H3. The Kier molecular flexibility index (Phi) is 7.14. The van der Waals surface area contributed by atoms with Crippen LogP contribution in [0.5, 0.6) is 17.2 Å². The molecule has 0 amide bonds. The number of ketones is 1. The maximum Gasteiger partial charge on any atom is 0.163 e. The number of carbonyl (C=O) groups is 1. The second kappa shape index (κ2) is 9.33. The Labute approximate surface area is 153 Å². The smallest absolute Gasteiger partial charge is 0.163 e. The Morgan fingerprint density at radius 1 is 1.08 bits per heavy atom. The number of rotatable bonds is 9. The molecule has 1 N–H and O–H groups in total. The summed E-state index contributed by atoms with van der Waals surface area (Å²) in [6, 6.07) is 10.7. The Balaban J connectivity index is 1.93. The van der Waals surface area contributed by atoms with E-state index < -0.39 is 0 Å². The molecule has 0 atom stereocenters. The molecule has 2 aromatic rings. The number of halogens is 1. The van der Waals surface area contributed by atoms with Crippen LogP contribution < -0.4 is 9.47 Å². The van der Waals surface area contributed by atoms with Gasteiger partial charge in [-0.3, -0.25) is 4.79 Å². The quantitative estimate of drug-likeness (QED) is 0.501. The van der Waals surface area contributed by atoms with Gasteiger partial charge in [-0.1, -0.05) is 37.1 Å².